The molecule has 0 heterocycles. The van der Waals surface area contributed by atoms with Crippen molar-refractivity contribution in [2.75, 3.05) is 6.54 Å². The van der Waals surface area contributed by atoms with E-state index in [0.717, 1.165) is 24.1 Å². The topological polar surface area (TPSA) is 12.0 Å². The van der Waals surface area contributed by atoms with Crippen molar-refractivity contribution >= 4 is 0 Å². The van der Waals surface area contributed by atoms with Gasteiger partial charge in [-0.25, -0.2) is 4.39 Å². The third-order valence-electron chi connectivity index (χ3n) is 4.01. The van der Waals surface area contributed by atoms with E-state index in [1.807, 2.05) is 26.0 Å². The van der Waals surface area contributed by atoms with E-state index < -0.39 is 0 Å². The first-order valence-electron chi connectivity index (χ1n) is 7.38. The molecule has 0 fully saturated rings. The van der Waals surface area contributed by atoms with E-state index in [1.165, 1.54) is 5.56 Å². The lowest BCUT2D eigenvalue weighted by molar-refractivity contribution is 0.303. The summed E-state index contributed by atoms with van der Waals surface area (Å²) in [7, 11) is 0. The second-order valence-corrected chi connectivity index (χ2v) is 6.00. The zero-order valence-corrected chi connectivity index (χ0v) is 13.2. The Morgan fingerprint density at radius 3 is 2.05 bits per heavy atom. The lowest BCUT2D eigenvalue weighted by Crippen LogP contribution is -2.30. The van der Waals surface area contributed by atoms with Gasteiger partial charge in [-0.05, 0) is 55.3 Å². The fourth-order valence-corrected chi connectivity index (χ4v) is 2.45. The Morgan fingerprint density at radius 2 is 1.63 bits per heavy atom. The molecule has 1 nitrogen and oxygen atoms in total. The molecule has 0 radical (unpaired) electrons. The van der Waals surface area contributed by atoms with Gasteiger partial charge in [0.1, 0.15) is 5.82 Å². The van der Waals surface area contributed by atoms with E-state index in [0.29, 0.717) is 17.9 Å². The molecule has 108 valence electrons. The van der Waals surface area contributed by atoms with E-state index in [2.05, 4.69) is 33.0 Å². The second-order valence-electron chi connectivity index (χ2n) is 6.00. The van der Waals surface area contributed by atoms with Crippen molar-refractivity contribution in [3.8, 4) is 0 Å². The summed E-state index contributed by atoms with van der Waals surface area (Å²) >= 11 is 0. The number of nitrogens with one attached hydrogen (secondary N) is 1. The van der Waals surface area contributed by atoms with Crippen LogP contribution >= 0.6 is 0 Å². The maximum Gasteiger partial charge on any atom is 0.129 e. The van der Waals surface area contributed by atoms with Crippen LogP contribution in [0.4, 0.5) is 4.39 Å². The molecule has 0 aliphatic heterocycles. The van der Waals surface area contributed by atoms with Gasteiger partial charge in [-0.3, -0.25) is 0 Å². The van der Waals surface area contributed by atoms with Crippen LogP contribution in [0.1, 0.15) is 56.8 Å². The minimum Gasteiger partial charge on any atom is -0.310 e. The predicted octanol–water partition coefficient (Wildman–Crippen LogP) is 4.78. The molecule has 0 bridgehead atoms. The number of hydrogen-bond donors (Lipinski definition) is 1. The van der Waals surface area contributed by atoms with Crippen LogP contribution in [0.2, 0.25) is 0 Å². The van der Waals surface area contributed by atoms with Crippen molar-refractivity contribution in [2.45, 2.75) is 54.0 Å². The molecule has 1 rings (SSSR count). The van der Waals surface area contributed by atoms with Gasteiger partial charge >= 0.3 is 0 Å². The Hall–Kier alpha value is -0.890. The third-order valence-corrected chi connectivity index (χ3v) is 4.01. The molecule has 0 aliphatic carbocycles. The van der Waals surface area contributed by atoms with Crippen LogP contribution in [0.25, 0.3) is 0 Å². The van der Waals surface area contributed by atoms with Crippen molar-refractivity contribution in [2.24, 2.45) is 11.8 Å². The van der Waals surface area contributed by atoms with Crippen molar-refractivity contribution in [1.29, 1.82) is 0 Å². The maximum atomic E-state index is 13.8. The lowest BCUT2D eigenvalue weighted by atomic mass is 9.85. The van der Waals surface area contributed by atoms with Gasteiger partial charge in [0, 0.05) is 6.04 Å². The van der Waals surface area contributed by atoms with E-state index in [-0.39, 0.29) is 5.82 Å². The summed E-state index contributed by atoms with van der Waals surface area (Å²) in [5, 5.41) is 3.62. The number of halogens is 1. The average Bonchev–Trinajstić information content (AvgIpc) is 2.35. The molecule has 1 aromatic rings. The highest BCUT2D eigenvalue weighted by Crippen LogP contribution is 2.30. The molecule has 1 aromatic carbocycles. The first-order chi connectivity index (χ1) is 8.88. The normalized spacial score (nSPS) is 14.7. The smallest absolute Gasteiger partial charge is 0.129 e. The molecule has 1 N–H and O–H groups in total. The highest BCUT2D eigenvalue weighted by Gasteiger charge is 2.22. The van der Waals surface area contributed by atoms with Crippen LogP contribution in [0.5, 0.6) is 0 Å². The quantitative estimate of drug-likeness (QED) is 0.781. The van der Waals surface area contributed by atoms with Gasteiger partial charge in [0.15, 0.2) is 0 Å². The van der Waals surface area contributed by atoms with Crippen LogP contribution in [0.15, 0.2) is 12.1 Å². The van der Waals surface area contributed by atoms with Crippen molar-refractivity contribution in [3.05, 3.63) is 34.6 Å². The standard InChI is InChI=1S/C17H28FN/c1-7-8-19-17(14(6)11(2)3)15-9-12(4)16(18)13(5)10-15/h9-11,14,17,19H,7-8H2,1-6H3. The molecule has 2 atom stereocenters. The Kier molecular flexibility index (Phi) is 5.99. The summed E-state index contributed by atoms with van der Waals surface area (Å²) in [6, 6.07) is 4.29. The summed E-state index contributed by atoms with van der Waals surface area (Å²) in [6.07, 6.45) is 1.11. The molecular formula is C17H28FN. The summed E-state index contributed by atoms with van der Waals surface area (Å²) in [4.78, 5) is 0. The largest absolute Gasteiger partial charge is 0.310 e. The number of rotatable bonds is 6. The number of benzene rings is 1. The average molecular weight is 265 g/mol. The van der Waals surface area contributed by atoms with Crippen molar-refractivity contribution in [1.82, 2.24) is 5.32 Å². The molecule has 0 spiro atoms. The first-order valence-corrected chi connectivity index (χ1v) is 7.38. The molecule has 2 heteroatoms. The lowest BCUT2D eigenvalue weighted by Gasteiger charge is -2.29. The molecule has 0 saturated carbocycles. The summed E-state index contributed by atoms with van der Waals surface area (Å²) in [5.41, 5.74) is 2.70. The van der Waals surface area contributed by atoms with Crippen LogP contribution in [-0.4, -0.2) is 6.54 Å². The Labute approximate surface area is 117 Å². The van der Waals surface area contributed by atoms with Gasteiger partial charge in [-0.2, -0.15) is 0 Å². The van der Waals surface area contributed by atoms with Crippen LogP contribution < -0.4 is 5.32 Å². The minimum absolute atomic E-state index is 0.0739. The zero-order valence-electron chi connectivity index (χ0n) is 13.2. The fraction of sp³-hybridized carbons (Fsp3) is 0.647. The molecule has 0 aromatic heterocycles. The van der Waals surface area contributed by atoms with Crippen molar-refractivity contribution in [3.63, 3.8) is 0 Å². The Morgan fingerprint density at radius 1 is 1.11 bits per heavy atom. The van der Waals surface area contributed by atoms with Gasteiger partial charge in [0.2, 0.25) is 0 Å². The van der Waals surface area contributed by atoms with E-state index >= 15 is 0 Å². The Bertz CT molecular complexity index is 389. The van der Waals surface area contributed by atoms with Gasteiger partial charge in [0.25, 0.3) is 0 Å². The summed E-state index contributed by atoms with van der Waals surface area (Å²) < 4.78 is 13.8. The SMILES string of the molecule is CCCNC(c1cc(C)c(F)c(C)c1)C(C)C(C)C. The minimum atomic E-state index is -0.0739. The van der Waals surface area contributed by atoms with E-state index in [9.17, 15) is 4.39 Å². The van der Waals surface area contributed by atoms with Gasteiger partial charge < -0.3 is 5.32 Å². The third kappa shape index (κ3) is 4.04. The van der Waals surface area contributed by atoms with E-state index in [4.69, 9.17) is 0 Å². The molecule has 0 amide bonds. The fourth-order valence-electron chi connectivity index (χ4n) is 2.45. The second kappa shape index (κ2) is 7.04. The molecular weight excluding hydrogens is 237 g/mol. The van der Waals surface area contributed by atoms with Gasteiger partial charge in [0.05, 0.1) is 0 Å². The van der Waals surface area contributed by atoms with Crippen LogP contribution in [0.3, 0.4) is 0 Å². The monoisotopic (exact) mass is 265 g/mol. The highest BCUT2D eigenvalue weighted by atomic mass is 19.1. The van der Waals surface area contributed by atoms with Crippen LogP contribution in [-0.2, 0) is 0 Å². The molecule has 19 heavy (non-hydrogen) atoms. The molecule has 0 saturated heterocycles. The molecule has 0 aliphatic rings. The van der Waals surface area contributed by atoms with E-state index in [1.54, 1.807) is 0 Å². The molecule has 2 unspecified atom stereocenters. The summed E-state index contributed by atoms with van der Waals surface area (Å²) in [6.45, 7) is 13.6. The maximum absolute atomic E-state index is 13.8. The highest BCUT2D eigenvalue weighted by molar-refractivity contribution is 5.32. The number of hydrogen-bond acceptors (Lipinski definition) is 1. The Balaban J connectivity index is 3.09. The summed E-state index contributed by atoms with van der Waals surface area (Å²) in [5.74, 6) is 1.05. The zero-order chi connectivity index (χ0) is 14.6. The number of aryl methyl sites for hydroxylation is 2. The van der Waals surface area contributed by atoms with Gasteiger partial charge in [-0.1, -0.05) is 39.8 Å². The van der Waals surface area contributed by atoms with Gasteiger partial charge in [-0.15, -0.1) is 0 Å². The predicted molar refractivity (Wildman–Crippen MR) is 80.9 cm³/mol. The van der Waals surface area contributed by atoms with Crippen LogP contribution in [0, 0.1) is 31.5 Å². The van der Waals surface area contributed by atoms with Crippen molar-refractivity contribution < 1.29 is 4.39 Å². The first kappa shape index (κ1) is 16.2.